The Labute approximate surface area is 154 Å². The first-order valence-electron chi connectivity index (χ1n) is 7.79. The van der Waals surface area contributed by atoms with Gasteiger partial charge in [-0.2, -0.15) is 0 Å². The number of hydrogen-bond acceptors (Lipinski definition) is 6. The second-order valence-corrected chi connectivity index (χ2v) is 6.36. The summed E-state index contributed by atoms with van der Waals surface area (Å²) in [6.07, 6.45) is -0.452. The molecule has 1 aromatic carbocycles. The molecule has 0 bridgehead atoms. The van der Waals surface area contributed by atoms with Crippen molar-refractivity contribution in [1.29, 1.82) is 0 Å². The largest absolute Gasteiger partial charge is 0.481 e. The first kappa shape index (κ1) is 19.5. The van der Waals surface area contributed by atoms with Crippen molar-refractivity contribution in [2.24, 2.45) is 0 Å². The molecule has 1 atom stereocenters. The van der Waals surface area contributed by atoms with Crippen LogP contribution in [0.2, 0.25) is 5.02 Å². The van der Waals surface area contributed by atoms with Crippen molar-refractivity contribution < 1.29 is 18.7 Å². The van der Waals surface area contributed by atoms with Crippen molar-refractivity contribution in [1.82, 2.24) is 14.8 Å². The van der Waals surface area contributed by atoms with Crippen LogP contribution in [0.3, 0.4) is 0 Å². The summed E-state index contributed by atoms with van der Waals surface area (Å²) in [6, 6.07) is 3.94. The van der Waals surface area contributed by atoms with E-state index < -0.39 is 11.9 Å². The van der Waals surface area contributed by atoms with E-state index in [0.29, 0.717) is 29.9 Å². The van der Waals surface area contributed by atoms with Crippen LogP contribution < -0.4 is 4.74 Å². The monoisotopic (exact) mass is 387 g/mol. The van der Waals surface area contributed by atoms with Gasteiger partial charge in [-0.05, 0) is 39.0 Å². The Morgan fingerprint density at radius 1 is 1.40 bits per heavy atom. The third-order valence-corrected chi connectivity index (χ3v) is 4.48. The fourth-order valence-electron chi connectivity index (χ4n) is 2.14. The molecule has 0 saturated heterocycles. The number of rotatable bonds is 8. The number of nitrogens with zero attached hydrogens (tertiary/aromatic N) is 3. The Hall–Kier alpha value is -1.80. The van der Waals surface area contributed by atoms with Crippen molar-refractivity contribution in [2.45, 2.75) is 38.6 Å². The molecule has 0 aliphatic carbocycles. The molecule has 0 fully saturated rings. The van der Waals surface area contributed by atoms with E-state index in [-0.39, 0.29) is 16.7 Å². The Bertz CT molecular complexity index is 741. The lowest BCUT2D eigenvalue weighted by Crippen LogP contribution is -2.13. The van der Waals surface area contributed by atoms with Crippen LogP contribution in [0.4, 0.5) is 4.39 Å². The third-order valence-electron chi connectivity index (χ3n) is 3.25. The second-order valence-electron chi connectivity index (χ2n) is 5.01. The number of hydrogen-bond donors (Lipinski definition) is 0. The first-order chi connectivity index (χ1) is 12.0. The van der Waals surface area contributed by atoms with Crippen molar-refractivity contribution in [3.8, 4) is 5.75 Å². The number of carbonyl (C=O) groups excluding carboxylic acids is 1. The second kappa shape index (κ2) is 9.05. The fraction of sp³-hybridized carbons (Fsp3) is 0.438. The zero-order valence-corrected chi connectivity index (χ0v) is 15.7. The maximum absolute atomic E-state index is 13.1. The Kier molecular flexibility index (Phi) is 7.07. The minimum absolute atomic E-state index is 0.158. The maximum Gasteiger partial charge on any atom is 0.316 e. The molecule has 0 amide bonds. The van der Waals surface area contributed by atoms with Crippen LogP contribution in [-0.2, 0) is 16.1 Å². The lowest BCUT2D eigenvalue weighted by Gasteiger charge is -2.16. The van der Waals surface area contributed by atoms with E-state index >= 15 is 0 Å². The number of halogens is 2. The lowest BCUT2D eigenvalue weighted by molar-refractivity contribution is -0.139. The predicted octanol–water partition coefficient (Wildman–Crippen LogP) is 3.89. The summed E-state index contributed by atoms with van der Waals surface area (Å²) in [5.74, 6) is 0.378. The molecule has 0 aliphatic heterocycles. The normalized spacial score (nSPS) is 12.0. The zero-order valence-electron chi connectivity index (χ0n) is 14.2. The van der Waals surface area contributed by atoms with Gasteiger partial charge >= 0.3 is 5.97 Å². The highest BCUT2D eigenvalue weighted by Gasteiger charge is 2.20. The van der Waals surface area contributed by atoms with E-state index in [9.17, 15) is 9.18 Å². The van der Waals surface area contributed by atoms with Gasteiger partial charge in [-0.3, -0.25) is 4.79 Å². The Morgan fingerprint density at radius 2 is 2.16 bits per heavy atom. The van der Waals surface area contributed by atoms with Gasteiger partial charge in [-0.25, -0.2) is 4.39 Å². The van der Waals surface area contributed by atoms with Gasteiger partial charge in [0.1, 0.15) is 11.6 Å². The van der Waals surface area contributed by atoms with Gasteiger partial charge in [0.05, 0.1) is 17.4 Å². The molecule has 136 valence electrons. The molecular weight excluding hydrogens is 369 g/mol. The Morgan fingerprint density at radius 3 is 2.80 bits per heavy atom. The zero-order chi connectivity index (χ0) is 18.4. The summed E-state index contributed by atoms with van der Waals surface area (Å²) in [4.78, 5) is 11.5. The molecule has 0 spiro atoms. The molecule has 2 aromatic rings. The summed E-state index contributed by atoms with van der Waals surface area (Å²) in [6.45, 7) is 6.45. The van der Waals surface area contributed by atoms with Crippen LogP contribution >= 0.6 is 23.4 Å². The molecule has 2 rings (SSSR count). The van der Waals surface area contributed by atoms with Gasteiger partial charge in [0, 0.05) is 6.54 Å². The average Bonchev–Trinajstić information content (AvgIpc) is 2.98. The number of benzene rings is 1. The molecule has 0 aliphatic rings. The molecule has 1 aromatic heterocycles. The van der Waals surface area contributed by atoms with E-state index in [2.05, 4.69) is 10.2 Å². The minimum Gasteiger partial charge on any atom is -0.481 e. The Balaban J connectivity index is 2.11. The molecular formula is C16H19ClFN3O3S. The van der Waals surface area contributed by atoms with Crippen LogP contribution in [0.5, 0.6) is 5.75 Å². The smallest absolute Gasteiger partial charge is 0.316 e. The van der Waals surface area contributed by atoms with Gasteiger partial charge in [-0.15, -0.1) is 10.2 Å². The van der Waals surface area contributed by atoms with Crippen LogP contribution in [0.15, 0.2) is 23.4 Å². The molecule has 0 saturated carbocycles. The van der Waals surface area contributed by atoms with Gasteiger partial charge in [0.2, 0.25) is 0 Å². The van der Waals surface area contributed by atoms with Gasteiger partial charge < -0.3 is 14.0 Å². The van der Waals surface area contributed by atoms with Crippen LogP contribution in [0.1, 0.15) is 32.7 Å². The maximum atomic E-state index is 13.1. The summed E-state index contributed by atoms with van der Waals surface area (Å²) >= 11 is 7.24. The minimum atomic E-state index is -0.452. The molecule has 6 nitrogen and oxygen atoms in total. The molecule has 25 heavy (non-hydrogen) atoms. The standard InChI is InChI=1S/C16H19ClFN3O3S/c1-4-21-15(19-20-16(21)25-9-14(22)23-5-2)10(3)24-13-7-6-11(18)8-12(13)17/h6-8,10H,4-5,9H2,1-3H3. The van der Waals surface area contributed by atoms with E-state index in [1.807, 2.05) is 11.5 Å². The topological polar surface area (TPSA) is 66.2 Å². The highest BCUT2D eigenvalue weighted by Crippen LogP contribution is 2.30. The quantitative estimate of drug-likeness (QED) is 0.505. The number of carbonyl (C=O) groups is 1. The van der Waals surface area contributed by atoms with E-state index in [1.54, 1.807) is 13.8 Å². The summed E-state index contributed by atoms with van der Waals surface area (Å²) in [5, 5.41) is 9.05. The first-order valence-corrected chi connectivity index (χ1v) is 9.15. The molecule has 0 radical (unpaired) electrons. The van der Waals surface area contributed by atoms with Crippen molar-refractivity contribution in [3.63, 3.8) is 0 Å². The highest BCUT2D eigenvalue weighted by atomic mass is 35.5. The van der Waals surface area contributed by atoms with Gasteiger partial charge in [-0.1, -0.05) is 23.4 Å². The van der Waals surface area contributed by atoms with Crippen LogP contribution in [0, 0.1) is 5.82 Å². The SMILES string of the molecule is CCOC(=O)CSc1nnc(C(C)Oc2ccc(F)cc2Cl)n1CC. The highest BCUT2D eigenvalue weighted by molar-refractivity contribution is 7.99. The summed E-state index contributed by atoms with van der Waals surface area (Å²) < 4.78 is 25.7. The van der Waals surface area contributed by atoms with E-state index in [0.717, 1.165) is 0 Å². The molecule has 1 heterocycles. The van der Waals surface area contributed by atoms with Crippen molar-refractivity contribution in [3.05, 3.63) is 34.9 Å². The third kappa shape index (κ3) is 5.09. The summed E-state index contributed by atoms with van der Waals surface area (Å²) in [5.41, 5.74) is 0. The number of thioether (sulfide) groups is 1. The number of ether oxygens (including phenoxy) is 2. The number of aromatic nitrogens is 3. The van der Waals surface area contributed by atoms with Crippen molar-refractivity contribution >= 4 is 29.3 Å². The lowest BCUT2D eigenvalue weighted by atomic mass is 10.3. The molecule has 0 N–H and O–H groups in total. The van der Waals surface area contributed by atoms with Crippen LogP contribution in [0.25, 0.3) is 0 Å². The number of esters is 1. The average molecular weight is 388 g/mol. The van der Waals surface area contributed by atoms with Crippen LogP contribution in [-0.4, -0.2) is 33.1 Å². The molecule has 9 heteroatoms. The van der Waals surface area contributed by atoms with Crippen molar-refractivity contribution in [2.75, 3.05) is 12.4 Å². The molecule has 1 unspecified atom stereocenters. The van der Waals surface area contributed by atoms with E-state index in [1.165, 1.54) is 30.0 Å². The van der Waals surface area contributed by atoms with E-state index in [4.69, 9.17) is 21.1 Å². The summed E-state index contributed by atoms with van der Waals surface area (Å²) in [7, 11) is 0. The fourth-order valence-corrected chi connectivity index (χ4v) is 3.16. The predicted molar refractivity (Wildman–Crippen MR) is 93.5 cm³/mol. The van der Waals surface area contributed by atoms with Gasteiger partial charge in [0.15, 0.2) is 17.1 Å². The van der Waals surface area contributed by atoms with Gasteiger partial charge in [0.25, 0.3) is 0 Å².